The molecule has 2 N–H and O–H groups in total. The van der Waals surface area contributed by atoms with Gasteiger partial charge in [0.15, 0.2) is 0 Å². The maximum absolute atomic E-state index is 12.4. The molecule has 7 heteroatoms. The Morgan fingerprint density at radius 3 is 2.60 bits per heavy atom. The first-order valence-electron chi connectivity index (χ1n) is 6.67. The molecule has 0 unspecified atom stereocenters. The number of aliphatic hydroxyl groups excluding tert-OH is 1. The Morgan fingerprint density at radius 1 is 1.45 bits per heavy atom. The summed E-state index contributed by atoms with van der Waals surface area (Å²) in [6.07, 6.45) is 6.55. The SMILES string of the molecule is CSC1(CNS(=O)(=O)c2cc(CO)sc2C)CCCC1. The van der Waals surface area contributed by atoms with Crippen LogP contribution in [0.4, 0.5) is 0 Å². The topological polar surface area (TPSA) is 66.4 Å². The minimum atomic E-state index is -3.48. The van der Waals surface area contributed by atoms with Gasteiger partial charge in [-0.25, -0.2) is 13.1 Å². The van der Waals surface area contributed by atoms with Crippen molar-refractivity contribution in [2.45, 2.75) is 48.9 Å². The van der Waals surface area contributed by atoms with Crippen molar-refractivity contribution < 1.29 is 13.5 Å². The van der Waals surface area contributed by atoms with Crippen LogP contribution in [0.3, 0.4) is 0 Å². The normalized spacial score (nSPS) is 18.6. The van der Waals surface area contributed by atoms with E-state index in [0.29, 0.717) is 16.3 Å². The van der Waals surface area contributed by atoms with Gasteiger partial charge >= 0.3 is 0 Å². The summed E-state index contributed by atoms with van der Waals surface area (Å²) in [6, 6.07) is 1.57. The van der Waals surface area contributed by atoms with Crippen molar-refractivity contribution in [1.29, 1.82) is 0 Å². The van der Waals surface area contributed by atoms with Crippen molar-refractivity contribution >= 4 is 33.1 Å². The van der Waals surface area contributed by atoms with Gasteiger partial charge in [-0.15, -0.1) is 11.3 Å². The molecule has 20 heavy (non-hydrogen) atoms. The van der Waals surface area contributed by atoms with Crippen LogP contribution in [0.2, 0.25) is 0 Å². The summed E-state index contributed by atoms with van der Waals surface area (Å²) in [5.74, 6) is 0. The third-order valence-electron chi connectivity index (χ3n) is 3.90. The van der Waals surface area contributed by atoms with E-state index in [4.69, 9.17) is 5.11 Å². The fourth-order valence-corrected chi connectivity index (χ4v) is 6.27. The van der Waals surface area contributed by atoms with E-state index in [1.54, 1.807) is 24.8 Å². The van der Waals surface area contributed by atoms with Gasteiger partial charge in [-0.3, -0.25) is 0 Å². The Kier molecular flexibility index (Phi) is 5.18. The van der Waals surface area contributed by atoms with Gasteiger partial charge < -0.3 is 5.11 Å². The zero-order valence-corrected chi connectivity index (χ0v) is 14.3. The van der Waals surface area contributed by atoms with Crippen LogP contribution in [0, 0.1) is 6.92 Å². The third-order valence-corrected chi connectivity index (χ3v) is 8.01. The molecule has 0 amide bonds. The number of hydrogen-bond donors (Lipinski definition) is 2. The average molecular weight is 336 g/mol. The summed E-state index contributed by atoms with van der Waals surface area (Å²) < 4.78 is 27.6. The van der Waals surface area contributed by atoms with Crippen molar-refractivity contribution in [3.8, 4) is 0 Å². The Balaban J connectivity index is 2.12. The highest BCUT2D eigenvalue weighted by Gasteiger charge is 2.34. The maximum Gasteiger partial charge on any atom is 0.241 e. The first-order chi connectivity index (χ1) is 9.42. The zero-order chi connectivity index (χ0) is 14.8. The van der Waals surface area contributed by atoms with E-state index in [1.807, 2.05) is 0 Å². The van der Waals surface area contributed by atoms with Crippen molar-refractivity contribution in [3.63, 3.8) is 0 Å². The summed E-state index contributed by atoms with van der Waals surface area (Å²) in [6.45, 7) is 2.15. The summed E-state index contributed by atoms with van der Waals surface area (Å²) in [4.78, 5) is 1.72. The average Bonchev–Trinajstić information content (AvgIpc) is 3.04. The predicted molar refractivity (Wildman–Crippen MR) is 84.9 cm³/mol. The van der Waals surface area contributed by atoms with Crippen molar-refractivity contribution in [1.82, 2.24) is 4.72 Å². The number of aliphatic hydroxyl groups is 1. The number of thiophene rings is 1. The molecule has 1 aliphatic carbocycles. The standard InChI is InChI=1S/C13H21NO3S3/c1-10-12(7-11(8-15)19-10)20(16,17)14-9-13(18-2)5-3-4-6-13/h7,14-15H,3-6,8-9H2,1-2H3. The van der Waals surface area contributed by atoms with Crippen LogP contribution in [-0.4, -0.2) is 31.1 Å². The van der Waals surface area contributed by atoms with E-state index < -0.39 is 10.0 Å². The second-order valence-corrected chi connectivity index (χ2v) is 9.56. The van der Waals surface area contributed by atoms with Gasteiger partial charge in [0.25, 0.3) is 0 Å². The first-order valence-corrected chi connectivity index (χ1v) is 10.2. The first kappa shape index (κ1) is 16.3. The summed E-state index contributed by atoms with van der Waals surface area (Å²) in [5, 5.41) is 9.11. The minimum Gasteiger partial charge on any atom is -0.391 e. The van der Waals surface area contributed by atoms with Crippen LogP contribution in [0.15, 0.2) is 11.0 Å². The fourth-order valence-electron chi connectivity index (χ4n) is 2.65. The fraction of sp³-hybridized carbons (Fsp3) is 0.692. The molecule has 4 nitrogen and oxygen atoms in total. The molecule has 0 radical (unpaired) electrons. The summed E-state index contributed by atoms with van der Waals surface area (Å²) in [5.41, 5.74) is 0. The Morgan fingerprint density at radius 2 is 2.10 bits per heavy atom. The number of nitrogens with one attached hydrogen (secondary N) is 1. The molecule has 1 heterocycles. The van der Waals surface area contributed by atoms with E-state index in [2.05, 4.69) is 11.0 Å². The highest BCUT2D eigenvalue weighted by atomic mass is 32.2. The van der Waals surface area contributed by atoms with Gasteiger partial charge in [0.1, 0.15) is 0 Å². The van der Waals surface area contributed by atoms with Crippen molar-refractivity contribution in [3.05, 3.63) is 15.8 Å². The predicted octanol–water partition coefficient (Wildman–Crippen LogP) is 2.50. The molecule has 2 rings (SSSR count). The number of aryl methyl sites for hydroxylation is 1. The van der Waals surface area contributed by atoms with E-state index in [1.165, 1.54) is 24.2 Å². The van der Waals surface area contributed by atoms with E-state index >= 15 is 0 Å². The molecule has 1 fully saturated rings. The molecule has 1 aromatic heterocycles. The van der Waals surface area contributed by atoms with E-state index in [9.17, 15) is 8.42 Å². The second kappa shape index (κ2) is 6.36. The Bertz CT molecular complexity index is 559. The molecule has 1 aromatic rings. The van der Waals surface area contributed by atoms with Gasteiger partial charge in [0.05, 0.1) is 11.5 Å². The van der Waals surface area contributed by atoms with Crippen molar-refractivity contribution in [2.75, 3.05) is 12.8 Å². The molecule has 1 saturated carbocycles. The molecule has 1 aliphatic rings. The molecule has 0 aromatic carbocycles. The third kappa shape index (κ3) is 3.39. The lowest BCUT2D eigenvalue weighted by atomic mass is 10.1. The lowest BCUT2D eigenvalue weighted by Crippen LogP contribution is -2.38. The number of sulfonamides is 1. The quantitative estimate of drug-likeness (QED) is 0.838. The Labute approximate surface area is 129 Å². The molecule has 0 aliphatic heterocycles. The molecular weight excluding hydrogens is 314 g/mol. The highest BCUT2D eigenvalue weighted by Crippen LogP contribution is 2.40. The highest BCUT2D eigenvalue weighted by molar-refractivity contribution is 8.00. The van der Waals surface area contributed by atoms with Crippen LogP contribution in [0.1, 0.15) is 35.4 Å². The summed E-state index contributed by atoms with van der Waals surface area (Å²) in [7, 11) is -3.48. The van der Waals surface area contributed by atoms with Gasteiger partial charge in [-0.1, -0.05) is 12.8 Å². The van der Waals surface area contributed by atoms with Gasteiger partial charge in [-0.05, 0) is 32.1 Å². The van der Waals surface area contributed by atoms with Gasteiger partial charge in [-0.2, -0.15) is 11.8 Å². The molecule has 0 atom stereocenters. The molecule has 0 bridgehead atoms. The minimum absolute atomic E-state index is 0.0524. The van der Waals surface area contributed by atoms with Crippen molar-refractivity contribution in [2.24, 2.45) is 0 Å². The zero-order valence-electron chi connectivity index (χ0n) is 11.8. The second-order valence-electron chi connectivity index (χ2n) is 5.21. The Hall–Kier alpha value is -0.0800. The van der Waals surface area contributed by atoms with E-state index in [-0.39, 0.29) is 11.4 Å². The summed E-state index contributed by atoms with van der Waals surface area (Å²) >= 11 is 3.10. The van der Waals surface area contributed by atoms with Crippen LogP contribution < -0.4 is 4.72 Å². The molecule has 0 saturated heterocycles. The van der Waals surface area contributed by atoms with Gasteiger partial charge in [0.2, 0.25) is 10.0 Å². The van der Waals surface area contributed by atoms with Crippen LogP contribution in [-0.2, 0) is 16.6 Å². The number of hydrogen-bond acceptors (Lipinski definition) is 5. The molecular formula is C13H21NO3S3. The maximum atomic E-state index is 12.4. The molecule has 114 valence electrons. The largest absolute Gasteiger partial charge is 0.391 e. The number of thioether (sulfide) groups is 1. The smallest absolute Gasteiger partial charge is 0.241 e. The van der Waals surface area contributed by atoms with E-state index in [0.717, 1.165) is 17.7 Å². The van der Waals surface area contributed by atoms with Crippen LogP contribution in [0.25, 0.3) is 0 Å². The van der Waals surface area contributed by atoms with Gasteiger partial charge in [0, 0.05) is 21.0 Å². The van der Waals surface area contributed by atoms with Crippen LogP contribution in [0.5, 0.6) is 0 Å². The lowest BCUT2D eigenvalue weighted by molar-refractivity contribution is 0.285. The number of rotatable bonds is 6. The monoisotopic (exact) mass is 335 g/mol. The lowest BCUT2D eigenvalue weighted by Gasteiger charge is -2.26. The van der Waals surface area contributed by atoms with Crippen LogP contribution >= 0.6 is 23.1 Å². The molecule has 0 spiro atoms.